The monoisotopic (exact) mass is 808 g/mol. The van der Waals surface area contributed by atoms with Crippen LogP contribution >= 0.6 is 0 Å². The maximum Gasteiger partial charge on any atom is 0.410 e. The van der Waals surface area contributed by atoms with E-state index < -0.39 is 23.8 Å². The molecular formula is C47H56N2O10. The van der Waals surface area contributed by atoms with Gasteiger partial charge in [0.2, 0.25) is 12.6 Å². The van der Waals surface area contributed by atoms with Gasteiger partial charge in [-0.2, -0.15) is 0 Å². The first-order chi connectivity index (χ1) is 28.9. The van der Waals surface area contributed by atoms with Crippen LogP contribution in [-0.4, -0.2) is 77.1 Å². The molecule has 0 saturated heterocycles. The molecule has 0 radical (unpaired) electrons. The summed E-state index contributed by atoms with van der Waals surface area (Å²) in [7, 11) is 0. The Kier molecular flexibility index (Phi) is 13.9. The summed E-state index contributed by atoms with van der Waals surface area (Å²) in [6.07, 6.45) is 10.2. The van der Waals surface area contributed by atoms with E-state index in [0.717, 1.165) is 47.9 Å². The Bertz CT molecular complexity index is 1980. The van der Waals surface area contributed by atoms with Crippen molar-refractivity contribution in [2.75, 3.05) is 33.2 Å². The molecule has 3 aromatic carbocycles. The van der Waals surface area contributed by atoms with E-state index in [4.69, 9.17) is 33.7 Å². The van der Waals surface area contributed by atoms with Crippen molar-refractivity contribution >= 4 is 11.8 Å². The average Bonchev–Trinajstić information content (AvgIpc) is 3.72. The number of aliphatic hydroxyl groups is 2. The van der Waals surface area contributed by atoms with Crippen molar-refractivity contribution in [2.45, 2.75) is 82.3 Å². The number of nitrogens with zero attached hydrogens (tertiary/aromatic N) is 2. The second-order valence-corrected chi connectivity index (χ2v) is 15.6. The maximum atomic E-state index is 14.6. The number of allylic oxidation sites excluding steroid dienone is 1. The number of aliphatic hydroxyl groups excluding tert-OH is 2. The van der Waals surface area contributed by atoms with Crippen molar-refractivity contribution in [3.63, 3.8) is 0 Å². The highest BCUT2D eigenvalue weighted by Gasteiger charge is 2.65. The third kappa shape index (κ3) is 9.15. The predicted molar refractivity (Wildman–Crippen MR) is 222 cm³/mol. The zero-order chi connectivity index (χ0) is 41.2. The van der Waals surface area contributed by atoms with Crippen LogP contribution in [0.5, 0.6) is 23.0 Å². The lowest BCUT2D eigenvalue weighted by Crippen LogP contribution is -2.70. The summed E-state index contributed by atoms with van der Waals surface area (Å²) in [4.78, 5) is 22.5. The number of phenolic OH excluding ortho intramolecular Hbond substituents is 1. The van der Waals surface area contributed by atoms with Crippen LogP contribution in [0, 0.1) is 17.8 Å². The van der Waals surface area contributed by atoms with Gasteiger partial charge in [0, 0.05) is 37.7 Å². The van der Waals surface area contributed by atoms with Crippen molar-refractivity contribution in [3.8, 4) is 23.0 Å². The van der Waals surface area contributed by atoms with Crippen LogP contribution in [-0.2, 0) is 27.5 Å². The lowest BCUT2D eigenvalue weighted by Gasteiger charge is -2.59. The fraction of sp³-hybridized carbons (Fsp3) is 0.447. The van der Waals surface area contributed by atoms with Crippen molar-refractivity contribution in [1.29, 1.82) is 0 Å². The lowest BCUT2D eigenvalue weighted by molar-refractivity contribution is -0.256. The molecule has 314 valence electrons. The normalized spacial score (nSPS) is 24.3. The lowest BCUT2D eigenvalue weighted by atomic mass is 9.55. The fourth-order valence-corrected chi connectivity index (χ4v) is 9.27. The predicted octanol–water partition coefficient (Wildman–Crippen LogP) is 8.17. The van der Waals surface area contributed by atoms with E-state index in [1.165, 1.54) is 0 Å². The van der Waals surface area contributed by atoms with Gasteiger partial charge in [0.25, 0.3) is 0 Å². The minimum atomic E-state index is -1.49. The number of ether oxygens (including phenoxy) is 5. The number of carbonyl (C=O) groups is 1. The molecule has 59 heavy (non-hydrogen) atoms. The number of carbonyl (C=O) groups excluding carboxylic acids is 1. The minimum Gasteiger partial charge on any atom is -0.508 e. The van der Waals surface area contributed by atoms with Crippen molar-refractivity contribution < 1.29 is 48.6 Å². The van der Waals surface area contributed by atoms with E-state index >= 15 is 0 Å². The Morgan fingerprint density at radius 3 is 2.47 bits per heavy atom. The highest BCUT2D eigenvalue weighted by Crippen LogP contribution is 2.62. The number of fused-ring (bicyclic) bond motifs is 3. The van der Waals surface area contributed by atoms with Gasteiger partial charge in [0.15, 0.2) is 11.5 Å². The molecule has 12 nitrogen and oxygen atoms in total. The number of hydrogen-bond donors (Lipinski definition) is 3. The van der Waals surface area contributed by atoms with Gasteiger partial charge in [-0.25, -0.2) is 4.79 Å². The highest BCUT2D eigenvalue weighted by molar-refractivity contribution is 6.03. The van der Waals surface area contributed by atoms with Crippen LogP contribution < -0.4 is 14.2 Å². The number of benzene rings is 3. The summed E-state index contributed by atoms with van der Waals surface area (Å²) in [5.74, 6) is -0.393. The summed E-state index contributed by atoms with van der Waals surface area (Å²) < 4.78 is 31.6. The van der Waals surface area contributed by atoms with Crippen LogP contribution in [0.1, 0.15) is 74.0 Å². The van der Waals surface area contributed by atoms with E-state index in [-0.39, 0.29) is 76.3 Å². The summed E-state index contributed by atoms with van der Waals surface area (Å²) >= 11 is 0. The SMILES string of the molecule is C=CCCOC(=O)N(Cc1ccc2c(c1)OCO2)[C@H]1CC(=NOCc2ccccc2)C2=C[C@H](CCCCO)[C@@H](CCCCO)[C@@H]3c4cc(O)ccc4O[C@@]1(OCC=C)[C@H]23. The number of unbranched alkanes of at least 4 members (excludes halogenated alkanes) is 2. The maximum absolute atomic E-state index is 14.6. The van der Waals surface area contributed by atoms with Gasteiger partial charge < -0.3 is 43.8 Å². The van der Waals surface area contributed by atoms with E-state index in [1.54, 1.807) is 35.3 Å². The first kappa shape index (κ1) is 41.8. The Balaban J connectivity index is 1.43. The Labute approximate surface area is 346 Å². The first-order valence-electron chi connectivity index (χ1n) is 20.8. The molecule has 6 atom stereocenters. The van der Waals surface area contributed by atoms with Crippen molar-refractivity contribution in [1.82, 2.24) is 4.90 Å². The Morgan fingerprint density at radius 1 is 0.915 bits per heavy atom. The second-order valence-electron chi connectivity index (χ2n) is 15.6. The minimum absolute atomic E-state index is 0.0113. The van der Waals surface area contributed by atoms with E-state index in [2.05, 4.69) is 19.2 Å². The zero-order valence-electron chi connectivity index (χ0n) is 33.6. The standard InChI is InChI=1S/C47H56N2O10/c1-3-5-24-54-46(53)49(29-33-17-19-41-42(25-33)56-31-55-41)43-28-39(48-58-30-32-13-7-6-8-14-32)37-26-34(15-9-11-21-50)36(16-10-12-22-51)44-38-27-35(52)18-20-40(38)59-47(43,45(37)44)57-23-4-2/h3-4,6-8,13-14,17-20,25-27,34,36,43-45,50-52H,1-2,5,9-12,15-16,21-24,28-31H2/t34-,36+,43-,44+,45+,47+/m0/s1. The zero-order valence-corrected chi connectivity index (χ0v) is 33.6. The van der Waals surface area contributed by atoms with E-state index in [1.807, 2.05) is 48.5 Å². The van der Waals surface area contributed by atoms with Gasteiger partial charge in [-0.05, 0) is 91.0 Å². The molecule has 0 spiro atoms. The largest absolute Gasteiger partial charge is 0.508 e. The Morgan fingerprint density at radius 2 is 1.69 bits per heavy atom. The van der Waals surface area contributed by atoms with Crippen molar-refractivity contribution in [2.24, 2.45) is 22.9 Å². The van der Waals surface area contributed by atoms with Gasteiger partial charge in [0.05, 0.1) is 24.8 Å². The molecule has 0 aromatic heterocycles. The smallest absolute Gasteiger partial charge is 0.410 e. The number of phenols is 1. The molecule has 3 N–H and O–H groups in total. The molecule has 1 fully saturated rings. The third-order valence-electron chi connectivity index (χ3n) is 11.9. The van der Waals surface area contributed by atoms with E-state index in [9.17, 15) is 20.1 Å². The molecular weight excluding hydrogens is 753 g/mol. The van der Waals surface area contributed by atoms with Crippen LogP contribution in [0.15, 0.2) is 109 Å². The van der Waals surface area contributed by atoms with Gasteiger partial charge in [-0.3, -0.25) is 4.90 Å². The number of rotatable bonds is 20. The molecule has 1 amide bonds. The van der Waals surface area contributed by atoms with Crippen LogP contribution in [0.2, 0.25) is 0 Å². The van der Waals surface area contributed by atoms with Crippen LogP contribution in [0.3, 0.4) is 0 Å². The molecule has 4 aliphatic rings. The van der Waals surface area contributed by atoms with Gasteiger partial charge in [-0.15, -0.1) is 13.2 Å². The quantitative estimate of drug-likeness (QED) is 0.0580. The Hall–Kier alpha value is -5.30. The summed E-state index contributed by atoms with van der Waals surface area (Å²) in [5, 5.41) is 35.6. The fourth-order valence-electron chi connectivity index (χ4n) is 9.27. The van der Waals surface area contributed by atoms with Crippen molar-refractivity contribution in [3.05, 3.63) is 120 Å². The van der Waals surface area contributed by atoms with Gasteiger partial charge in [-0.1, -0.05) is 72.6 Å². The third-order valence-corrected chi connectivity index (χ3v) is 11.9. The molecule has 7 rings (SSSR count). The molecule has 2 aliphatic heterocycles. The van der Waals surface area contributed by atoms with Gasteiger partial charge in [0.1, 0.15) is 24.1 Å². The van der Waals surface area contributed by atoms with Crippen LogP contribution in [0.4, 0.5) is 4.79 Å². The number of oxime groups is 1. The number of amides is 1. The van der Waals surface area contributed by atoms with Crippen LogP contribution in [0.25, 0.3) is 0 Å². The first-order valence-corrected chi connectivity index (χ1v) is 20.8. The molecule has 2 heterocycles. The number of aromatic hydroxyl groups is 1. The van der Waals surface area contributed by atoms with E-state index in [0.29, 0.717) is 42.2 Å². The molecule has 0 unspecified atom stereocenters. The molecule has 2 aliphatic carbocycles. The summed E-state index contributed by atoms with van der Waals surface area (Å²) in [6, 6.07) is 19.8. The summed E-state index contributed by atoms with van der Waals surface area (Å²) in [5.41, 5.74) is 4.12. The molecule has 12 heteroatoms. The average molecular weight is 809 g/mol. The molecule has 1 saturated carbocycles. The number of hydrogen-bond acceptors (Lipinski definition) is 11. The highest BCUT2D eigenvalue weighted by atomic mass is 16.7. The second kappa shape index (κ2) is 19.6. The topological polar surface area (TPSA) is 149 Å². The summed E-state index contributed by atoms with van der Waals surface area (Å²) in [6.45, 7) is 8.67. The molecule has 3 aromatic rings. The molecule has 0 bridgehead atoms. The van der Waals surface area contributed by atoms with Gasteiger partial charge >= 0.3 is 6.09 Å².